The zero-order chi connectivity index (χ0) is 18.6. The Morgan fingerprint density at radius 2 is 1.89 bits per heavy atom. The summed E-state index contributed by atoms with van der Waals surface area (Å²) < 4.78 is 0. The van der Waals surface area contributed by atoms with Gasteiger partial charge < -0.3 is 10.2 Å². The molecule has 0 aliphatic carbocycles. The summed E-state index contributed by atoms with van der Waals surface area (Å²) in [6.07, 6.45) is 1.64. The van der Waals surface area contributed by atoms with E-state index in [0.29, 0.717) is 13.1 Å². The van der Waals surface area contributed by atoms with Gasteiger partial charge in [-0.05, 0) is 23.9 Å². The van der Waals surface area contributed by atoms with Gasteiger partial charge in [0.05, 0.1) is 11.9 Å². The third kappa shape index (κ3) is 4.26. The van der Waals surface area contributed by atoms with Crippen LogP contribution in [0.25, 0.3) is 10.2 Å². The van der Waals surface area contributed by atoms with Crippen LogP contribution in [0.1, 0.15) is 11.1 Å². The third-order valence-corrected chi connectivity index (χ3v) is 5.71. The number of carbonyl (C=O) groups is 1. The molecule has 7 heteroatoms. The van der Waals surface area contributed by atoms with Crippen molar-refractivity contribution in [2.24, 2.45) is 0 Å². The molecule has 0 saturated carbocycles. The van der Waals surface area contributed by atoms with Gasteiger partial charge in [-0.1, -0.05) is 29.8 Å². The van der Waals surface area contributed by atoms with E-state index in [1.165, 1.54) is 5.56 Å². The number of aromatic nitrogens is 2. The van der Waals surface area contributed by atoms with Crippen molar-refractivity contribution < 1.29 is 4.79 Å². The number of amides is 1. The summed E-state index contributed by atoms with van der Waals surface area (Å²) in [6.45, 7) is 6.53. The number of anilines is 1. The average Bonchev–Trinajstić information content (AvgIpc) is 3.17. The van der Waals surface area contributed by atoms with Crippen LogP contribution in [0, 0.1) is 6.92 Å². The predicted octanol–water partition coefficient (Wildman–Crippen LogP) is 2.44. The Hall–Kier alpha value is -2.51. The second-order valence-electron chi connectivity index (χ2n) is 6.86. The van der Waals surface area contributed by atoms with Crippen molar-refractivity contribution in [3.05, 3.63) is 53.2 Å². The number of benzene rings is 1. The molecule has 6 nitrogen and oxygen atoms in total. The van der Waals surface area contributed by atoms with Gasteiger partial charge in [-0.2, -0.15) is 0 Å². The minimum atomic E-state index is 0.0753. The minimum absolute atomic E-state index is 0.0753. The Bertz CT molecular complexity index is 916. The number of thiophene rings is 1. The number of nitrogens with one attached hydrogen (secondary N) is 1. The van der Waals surface area contributed by atoms with Gasteiger partial charge in [-0.25, -0.2) is 9.97 Å². The molecule has 1 amide bonds. The number of aryl methyl sites for hydroxylation is 1. The summed E-state index contributed by atoms with van der Waals surface area (Å²) in [5.41, 5.74) is 2.36. The Morgan fingerprint density at radius 3 is 2.67 bits per heavy atom. The molecule has 0 bridgehead atoms. The highest BCUT2D eigenvalue weighted by molar-refractivity contribution is 7.16. The summed E-state index contributed by atoms with van der Waals surface area (Å²) >= 11 is 1.64. The molecule has 1 fully saturated rings. The monoisotopic (exact) mass is 381 g/mol. The first-order valence-corrected chi connectivity index (χ1v) is 10.0. The van der Waals surface area contributed by atoms with Crippen LogP contribution in [0.4, 0.5) is 5.82 Å². The lowest BCUT2D eigenvalue weighted by atomic mass is 10.1. The molecule has 27 heavy (non-hydrogen) atoms. The highest BCUT2D eigenvalue weighted by Crippen LogP contribution is 2.27. The Kier molecular flexibility index (Phi) is 5.31. The van der Waals surface area contributed by atoms with Crippen LogP contribution in [0.2, 0.25) is 0 Å². The van der Waals surface area contributed by atoms with Crippen LogP contribution in [0.3, 0.4) is 0 Å². The molecule has 0 atom stereocenters. The van der Waals surface area contributed by atoms with E-state index >= 15 is 0 Å². The summed E-state index contributed by atoms with van der Waals surface area (Å²) in [7, 11) is 0. The van der Waals surface area contributed by atoms with E-state index in [2.05, 4.69) is 67.7 Å². The maximum absolute atomic E-state index is 12.3. The molecule has 1 saturated heterocycles. The fourth-order valence-corrected chi connectivity index (χ4v) is 4.04. The second kappa shape index (κ2) is 8.02. The van der Waals surface area contributed by atoms with Gasteiger partial charge >= 0.3 is 0 Å². The van der Waals surface area contributed by atoms with Crippen LogP contribution < -0.4 is 10.2 Å². The largest absolute Gasteiger partial charge is 0.353 e. The van der Waals surface area contributed by atoms with Crippen molar-refractivity contribution in [1.29, 1.82) is 0 Å². The predicted molar refractivity (Wildman–Crippen MR) is 109 cm³/mol. The maximum atomic E-state index is 12.3. The first kappa shape index (κ1) is 17.9. The van der Waals surface area contributed by atoms with Crippen LogP contribution in [0.15, 0.2) is 42.0 Å². The van der Waals surface area contributed by atoms with E-state index < -0.39 is 0 Å². The maximum Gasteiger partial charge on any atom is 0.234 e. The fourth-order valence-electron chi connectivity index (χ4n) is 3.31. The Morgan fingerprint density at radius 1 is 1.11 bits per heavy atom. The van der Waals surface area contributed by atoms with Gasteiger partial charge in [-0.3, -0.25) is 9.69 Å². The number of hydrogen-bond donors (Lipinski definition) is 1. The lowest BCUT2D eigenvalue weighted by Gasteiger charge is -2.35. The van der Waals surface area contributed by atoms with E-state index in [-0.39, 0.29) is 5.91 Å². The van der Waals surface area contributed by atoms with E-state index in [0.717, 1.165) is 47.8 Å². The van der Waals surface area contributed by atoms with Crippen molar-refractivity contribution >= 4 is 33.3 Å². The molecular weight excluding hydrogens is 358 g/mol. The lowest BCUT2D eigenvalue weighted by Crippen LogP contribution is -2.49. The summed E-state index contributed by atoms with van der Waals surface area (Å²) in [4.78, 5) is 26.6. The summed E-state index contributed by atoms with van der Waals surface area (Å²) in [6, 6.07) is 10.3. The number of nitrogens with zero attached hydrogens (tertiary/aromatic N) is 4. The van der Waals surface area contributed by atoms with E-state index in [1.807, 2.05) is 0 Å². The van der Waals surface area contributed by atoms with Crippen LogP contribution in [-0.4, -0.2) is 53.5 Å². The Labute approximate surface area is 162 Å². The normalized spacial score (nSPS) is 15.2. The summed E-state index contributed by atoms with van der Waals surface area (Å²) in [5, 5.41) is 6.19. The Balaban J connectivity index is 1.27. The van der Waals surface area contributed by atoms with Crippen LogP contribution >= 0.6 is 11.3 Å². The van der Waals surface area contributed by atoms with Gasteiger partial charge in [0.2, 0.25) is 5.91 Å². The lowest BCUT2D eigenvalue weighted by molar-refractivity contribution is -0.122. The summed E-state index contributed by atoms with van der Waals surface area (Å²) in [5.74, 6) is 1.08. The minimum Gasteiger partial charge on any atom is -0.353 e. The molecule has 3 heterocycles. The molecule has 1 N–H and O–H groups in total. The number of fused-ring (bicyclic) bond motifs is 1. The third-order valence-electron chi connectivity index (χ3n) is 4.89. The zero-order valence-electron chi connectivity index (χ0n) is 15.4. The topological polar surface area (TPSA) is 61.4 Å². The van der Waals surface area contributed by atoms with E-state index in [1.54, 1.807) is 17.7 Å². The van der Waals surface area contributed by atoms with Crippen molar-refractivity contribution in [3.63, 3.8) is 0 Å². The van der Waals surface area contributed by atoms with Crippen molar-refractivity contribution in [2.75, 3.05) is 37.6 Å². The standard InChI is InChI=1S/C20H23N5OS/c1-15-2-4-16(5-3-15)12-21-18(26)13-24-7-9-25(10-8-24)19-17-6-11-27-20(17)23-14-22-19/h2-6,11,14H,7-10,12-13H2,1H3,(H,21,26). The molecule has 0 spiro atoms. The molecule has 2 aromatic heterocycles. The van der Waals surface area contributed by atoms with Gasteiger partial charge in [0.1, 0.15) is 17.0 Å². The number of piperazine rings is 1. The van der Waals surface area contributed by atoms with Crippen molar-refractivity contribution in [2.45, 2.75) is 13.5 Å². The molecule has 1 aliphatic rings. The average molecular weight is 382 g/mol. The fraction of sp³-hybridized carbons (Fsp3) is 0.350. The number of hydrogen-bond acceptors (Lipinski definition) is 6. The van der Waals surface area contributed by atoms with Crippen LogP contribution in [-0.2, 0) is 11.3 Å². The molecule has 0 unspecified atom stereocenters. The molecule has 1 aromatic carbocycles. The van der Waals surface area contributed by atoms with Crippen molar-refractivity contribution in [1.82, 2.24) is 20.2 Å². The highest BCUT2D eigenvalue weighted by atomic mass is 32.1. The van der Waals surface area contributed by atoms with Crippen molar-refractivity contribution in [3.8, 4) is 0 Å². The van der Waals surface area contributed by atoms with Gasteiger partial charge in [0, 0.05) is 32.7 Å². The number of carbonyl (C=O) groups excluding carboxylic acids is 1. The first-order valence-electron chi connectivity index (χ1n) is 9.17. The van der Waals surface area contributed by atoms with E-state index in [4.69, 9.17) is 0 Å². The first-order chi connectivity index (χ1) is 13.2. The quantitative estimate of drug-likeness (QED) is 0.736. The SMILES string of the molecule is Cc1ccc(CNC(=O)CN2CCN(c3ncnc4sccc34)CC2)cc1. The molecule has 140 valence electrons. The molecule has 1 aliphatic heterocycles. The highest BCUT2D eigenvalue weighted by Gasteiger charge is 2.21. The second-order valence-corrected chi connectivity index (χ2v) is 7.76. The van der Waals surface area contributed by atoms with E-state index in [9.17, 15) is 4.79 Å². The van der Waals surface area contributed by atoms with Gasteiger partial charge in [0.25, 0.3) is 0 Å². The number of rotatable bonds is 5. The molecular formula is C20H23N5OS. The molecule has 3 aromatic rings. The smallest absolute Gasteiger partial charge is 0.234 e. The zero-order valence-corrected chi connectivity index (χ0v) is 16.2. The van der Waals surface area contributed by atoms with Gasteiger partial charge in [0.15, 0.2) is 0 Å². The van der Waals surface area contributed by atoms with Crippen LogP contribution in [0.5, 0.6) is 0 Å². The molecule has 0 radical (unpaired) electrons. The van der Waals surface area contributed by atoms with Gasteiger partial charge in [-0.15, -0.1) is 11.3 Å². The molecule has 4 rings (SSSR count).